The summed E-state index contributed by atoms with van der Waals surface area (Å²) in [7, 11) is 2.72. The van der Waals surface area contributed by atoms with Crippen molar-refractivity contribution in [3.05, 3.63) is 28.2 Å². The summed E-state index contributed by atoms with van der Waals surface area (Å²) in [6.45, 7) is 0.187. The van der Waals surface area contributed by atoms with Crippen LogP contribution in [0.5, 0.6) is 11.5 Å². The lowest BCUT2D eigenvalue weighted by Gasteiger charge is -2.13. The molecule has 2 rings (SSSR count). The monoisotopic (exact) mass is 411 g/mol. The van der Waals surface area contributed by atoms with E-state index in [1.54, 1.807) is 6.07 Å². The van der Waals surface area contributed by atoms with Gasteiger partial charge in [-0.1, -0.05) is 30.0 Å². The van der Waals surface area contributed by atoms with Gasteiger partial charge < -0.3 is 19.7 Å². The Labute approximate surface area is 164 Å². The zero-order valence-electron chi connectivity index (χ0n) is 14.6. The molecule has 144 valence electrons. The fraction of sp³-hybridized carbons (Fsp3) is 0.294. The topological polar surface area (TPSA) is 113 Å². The predicted molar refractivity (Wildman–Crippen MR) is 103 cm³/mol. The summed E-state index contributed by atoms with van der Waals surface area (Å²) in [4.78, 5) is 36.5. The van der Waals surface area contributed by atoms with Gasteiger partial charge in [0, 0.05) is 13.0 Å². The van der Waals surface area contributed by atoms with Crippen molar-refractivity contribution in [2.45, 2.75) is 12.8 Å². The summed E-state index contributed by atoms with van der Waals surface area (Å²) in [5.41, 5.74) is 0.138. The number of thiocarbonyl (C=S) groups is 1. The Hall–Kier alpha value is -2.59. The van der Waals surface area contributed by atoms with Gasteiger partial charge >= 0.3 is 11.9 Å². The number of thioether (sulfide) groups is 1. The molecule has 0 bridgehead atoms. The third-order valence-corrected chi connectivity index (χ3v) is 5.10. The second kappa shape index (κ2) is 8.87. The molecule has 1 amide bonds. The van der Waals surface area contributed by atoms with Crippen molar-refractivity contribution in [3.8, 4) is 11.5 Å². The molecule has 10 heteroatoms. The molecule has 1 fully saturated rings. The number of aromatic carboxylic acids is 1. The number of carboxylic acids is 2. The van der Waals surface area contributed by atoms with Gasteiger partial charge in [-0.15, -0.1) is 0 Å². The van der Waals surface area contributed by atoms with Gasteiger partial charge in [-0.25, -0.2) is 4.79 Å². The van der Waals surface area contributed by atoms with Crippen LogP contribution in [0.25, 0.3) is 6.08 Å². The molecule has 0 atom stereocenters. The van der Waals surface area contributed by atoms with Crippen LogP contribution >= 0.6 is 24.0 Å². The van der Waals surface area contributed by atoms with Gasteiger partial charge in [-0.3, -0.25) is 14.5 Å². The van der Waals surface area contributed by atoms with E-state index in [1.807, 2.05) is 0 Å². The minimum atomic E-state index is -1.23. The molecule has 2 N–H and O–H groups in total. The van der Waals surface area contributed by atoms with Gasteiger partial charge in [0.15, 0.2) is 11.5 Å². The van der Waals surface area contributed by atoms with Crippen LogP contribution in [0.4, 0.5) is 0 Å². The average Bonchev–Trinajstić information content (AvgIpc) is 2.87. The first-order valence-corrected chi connectivity index (χ1v) is 8.98. The molecular formula is C17H17NO7S2. The minimum Gasteiger partial charge on any atom is -0.493 e. The lowest BCUT2D eigenvalue weighted by Crippen LogP contribution is -2.29. The molecule has 0 aromatic heterocycles. The lowest BCUT2D eigenvalue weighted by molar-refractivity contribution is -0.137. The fourth-order valence-electron chi connectivity index (χ4n) is 2.51. The zero-order chi connectivity index (χ0) is 20.1. The fourth-order valence-corrected chi connectivity index (χ4v) is 3.80. The van der Waals surface area contributed by atoms with Crippen LogP contribution in [0.3, 0.4) is 0 Å². The van der Waals surface area contributed by atoms with Gasteiger partial charge in [0.25, 0.3) is 5.91 Å². The van der Waals surface area contributed by atoms with Crippen LogP contribution in [0, 0.1) is 0 Å². The molecule has 27 heavy (non-hydrogen) atoms. The summed E-state index contributed by atoms with van der Waals surface area (Å²) in [5, 5.41) is 18.3. The highest BCUT2D eigenvalue weighted by Crippen LogP contribution is 2.37. The van der Waals surface area contributed by atoms with E-state index in [-0.39, 0.29) is 52.8 Å². The number of ether oxygens (including phenoxy) is 2. The van der Waals surface area contributed by atoms with Crippen LogP contribution in [0.1, 0.15) is 28.8 Å². The number of hydrogen-bond donors (Lipinski definition) is 2. The molecular weight excluding hydrogens is 394 g/mol. The molecule has 1 aliphatic heterocycles. The maximum absolute atomic E-state index is 12.6. The van der Waals surface area contributed by atoms with Crippen LogP contribution in [0.2, 0.25) is 0 Å². The van der Waals surface area contributed by atoms with Crippen molar-refractivity contribution >= 4 is 52.2 Å². The SMILES string of the molecule is COc1ccc(C=C2SC(=S)N(CCCC(=O)O)C2=O)c(C(=O)O)c1OC. The predicted octanol–water partition coefficient (Wildman–Crippen LogP) is 2.47. The number of carbonyl (C=O) groups excluding carboxylic acids is 1. The van der Waals surface area contributed by atoms with Crippen LogP contribution < -0.4 is 9.47 Å². The van der Waals surface area contributed by atoms with E-state index in [2.05, 4.69) is 0 Å². The minimum absolute atomic E-state index is 0.0516. The van der Waals surface area contributed by atoms with Crippen molar-refractivity contribution in [2.24, 2.45) is 0 Å². The maximum atomic E-state index is 12.6. The second-order valence-corrected chi connectivity index (χ2v) is 7.08. The highest BCUT2D eigenvalue weighted by Gasteiger charge is 2.32. The van der Waals surface area contributed by atoms with E-state index in [9.17, 15) is 19.5 Å². The first-order chi connectivity index (χ1) is 12.8. The maximum Gasteiger partial charge on any atom is 0.340 e. The number of aliphatic carboxylic acids is 1. The molecule has 0 radical (unpaired) electrons. The highest BCUT2D eigenvalue weighted by atomic mass is 32.2. The number of rotatable bonds is 8. The van der Waals surface area contributed by atoms with E-state index in [0.717, 1.165) is 11.8 Å². The summed E-state index contributed by atoms with van der Waals surface area (Å²) in [6.07, 6.45) is 1.63. The molecule has 0 aliphatic carbocycles. The van der Waals surface area contributed by atoms with Gasteiger partial charge in [-0.05, 0) is 24.1 Å². The molecule has 1 aliphatic rings. The number of amides is 1. The molecule has 1 aromatic carbocycles. The molecule has 0 unspecified atom stereocenters. The van der Waals surface area contributed by atoms with E-state index < -0.39 is 11.9 Å². The molecule has 1 heterocycles. The van der Waals surface area contributed by atoms with Crippen molar-refractivity contribution in [1.82, 2.24) is 4.90 Å². The Morgan fingerprint density at radius 2 is 1.96 bits per heavy atom. The van der Waals surface area contributed by atoms with Crippen molar-refractivity contribution in [3.63, 3.8) is 0 Å². The highest BCUT2D eigenvalue weighted by molar-refractivity contribution is 8.26. The van der Waals surface area contributed by atoms with Crippen molar-refractivity contribution in [2.75, 3.05) is 20.8 Å². The number of carboxylic acid groups (broad SMARTS) is 2. The van der Waals surface area contributed by atoms with Crippen molar-refractivity contribution < 1.29 is 34.1 Å². The smallest absolute Gasteiger partial charge is 0.340 e. The number of hydrogen-bond acceptors (Lipinski definition) is 7. The largest absolute Gasteiger partial charge is 0.493 e. The average molecular weight is 411 g/mol. The quantitative estimate of drug-likeness (QED) is 0.492. The Balaban J connectivity index is 2.36. The molecule has 8 nitrogen and oxygen atoms in total. The molecule has 0 saturated carbocycles. The Kier molecular flexibility index (Phi) is 6.81. The molecule has 0 spiro atoms. The van der Waals surface area contributed by atoms with Gasteiger partial charge in [0.05, 0.1) is 19.1 Å². The van der Waals surface area contributed by atoms with Gasteiger partial charge in [0.2, 0.25) is 0 Å². The van der Waals surface area contributed by atoms with Crippen LogP contribution in [-0.2, 0) is 9.59 Å². The van der Waals surface area contributed by atoms with Crippen LogP contribution in [-0.4, -0.2) is 58.0 Å². The molecule has 1 saturated heterocycles. The number of benzene rings is 1. The molecule has 1 aromatic rings. The van der Waals surface area contributed by atoms with Crippen molar-refractivity contribution in [1.29, 1.82) is 0 Å². The first kappa shape index (κ1) is 20.7. The standard InChI is InChI=1S/C17H17NO7S2/c1-24-10-6-5-9(13(16(22)23)14(10)25-2)8-11-15(21)18(17(26)27-11)7-3-4-12(19)20/h5-6,8H,3-4,7H2,1-2H3,(H,19,20)(H,22,23). The van der Waals surface area contributed by atoms with E-state index in [0.29, 0.717) is 4.32 Å². The Morgan fingerprint density at radius 3 is 2.52 bits per heavy atom. The van der Waals surface area contributed by atoms with Gasteiger partial charge in [0.1, 0.15) is 9.88 Å². The Morgan fingerprint density at radius 1 is 1.26 bits per heavy atom. The summed E-state index contributed by atoms with van der Waals surface area (Å²) < 4.78 is 10.6. The number of methoxy groups -OCH3 is 2. The summed E-state index contributed by atoms with van der Waals surface area (Å²) >= 11 is 6.22. The van der Waals surface area contributed by atoms with E-state index in [4.69, 9.17) is 26.8 Å². The summed E-state index contributed by atoms with van der Waals surface area (Å²) in [6, 6.07) is 3.06. The number of nitrogens with zero attached hydrogens (tertiary/aromatic N) is 1. The normalized spacial score (nSPS) is 15.3. The summed E-state index contributed by atoms with van der Waals surface area (Å²) in [5.74, 6) is -2.26. The van der Waals surface area contributed by atoms with Gasteiger partial charge in [-0.2, -0.15) is 0 Å². The second-order valence-electron chi connectivity index (χ2n) is 5.40. The third kappa shape index (κ3) is 4.58. The Bertz CT molecular complexity index is 835. The first-order valence-electron chi connectivity index (χ1n) is 7.75. The lowest BCUT2D eigenvalue weighted by atomic mass is 10.0. The van der Waals surface area contributed by atoms with E-state index >= 15 is 0 Å². The number of carbonyl (C=O) groups is 3. The van der Waals surface area contributed by atoms with Crippen LogP contribution in [0.15, 0.2) is 17.0 Å². The van der Waals surface area contributed by atoms with E-state index in [1.165, 1.54) is 31.3 Å². The zero-order valence-corrected chi connectivity index (χ0v) is 16.2. The third-order valence-electron chi connectivity index (χ3n) is 3.72.